The molecule has 0 saturated heterocycles. The maximum absolute atomic E-state index is 13.2. The van der Waals surface area contributed by atoms with Crippen molar-refractivity contribution in [2.45, 2.75) is 23.2 Å². The van der Waals surface area contributed by atoms with Crippen LogP contribution in [0.3, 0.4) is 0 Å². The number of aliphatic hydroxyl groups excluding tert-OH is 1. The number of benzene rings is 2. The Kier molecular flexibility index (Phi) is 6.34. The van der Waals surface area contributed by atoms with Crippen molar-refractivity contribution in [1.29, 1.82) is 0 Å². The molecule has 0 bridgehead atoms. The van der Waals surface area contributed by atoms with Crippen molar-refractivity contribution < 1.29 is 24.1 Å². The predicted molar refractivity (Wildman–Crippen MR) is 133 cm³/mol. The van der Waals surface area contributed by atoms with Crippen LogP contribution in [0.5, 0.6) is 11.5 Å². The number of methoxy groups -OCH3 is 1. The Morgan fingerprint density at radius 2 is 1.86 bits per heavy atom. The summed E-state index contributed by atoms with van der Waals surface area (Å²) in [6.45, 7) is 0.0761. The molecule has 2 aromatic carbocycles. The molecule has 8 heteroatoms. The van der Waals surface area contributed by atoms with E-state index in [1.54, 1.807) is 6.20 Å². The molecule has 0 spiro atoms. The molecule has 0 amide bonds. The number of aliphatic hydroxyl groups is 2. The lowest BCUT2D eigenvalue weighted by atomic mass is 9.70. The van der Waals surface area contributed by atoms with Gasteiger partial charge < -0.3 is 24.6 Å². The van der Waals surface area contributed by atoms with E-state index in [0.717, 1.165) is 10.0 Å². The van der Waals surface area contributed by atoms with Crippen LogP contribution in [0, 0.1) is 5.92 Å². The number of ether oxygens (including phenoxy) is 2. The number of halogens is 2. The first kappa shape index (κ1) is 24.2. The van der Waals surface area contributed by atoms with Gasteiger partial charge in [-0.05, 0) is 30.3 Å². The molecule has 6 nitrogen and oxygen atoms in total. The number of pyridine rings is 1. The minimum absolute atomic E-state index is 0.221. The first-order valence-corrected chi connectivity index (χ1v) is 12.3. The van der Waals surface area contributed by atoms with Crippen LogP contribution in [0.2, 0.25) is 0 Å². The first-order valence-electron chi connectivity index (χ1n) is 11.6. The number of nitrogens with zero attached hydrogens (tertiary/aromatic N) is 2. The monoisotopic (exact) mass is 542 g/mol. The molecule has 1 fully saturated rings. The topological polar surface area (TPSA) is 75.0 Å². The van der Waals surface area contributed by atoms with Crippen molar-refractivity contribution >= 4 is 15.9 Å². The number of fused-ring (bicyclic) bond motifs is 3. The van der Waals surface area contributed by atoms with E-state index in [1.165, 1.54) is 13.3 Å². The van der Waals surface area contributed by atoms with Crippen molar-refractivity contribution in [3.8, 4) is 11.5 Å². The van der Waals surface area contributed by atoms with Gasteiger partial charge in [-0.1, -0.05) is 58.4 Å². The minimum atomic E-state index is -1.85. The van der Waals surface area contributed by atoms with Gasteiger partial charge in [0.1, 0.15) is 18.2 Å². The number of hydrogen-bond acceptors (Lipinski definition) is 6. The Bertz CT molecular complexity index is 1200. The molecule has 1 aliphatic carbocycles. The summed E-state index contributed by atoms with van der Waals surface area (Å²) in [5.41, 5.74) is -1.24. The fourth-order valence-corrected chi connectivity index (χ4v) is 6.29. The maximum atomic E-state index is 13.2. The van der Waals surface area contributed by atoms with Gasteiger partial charge in [0.15, 0.2) is 11.2 Å². The highest BCUT2D eigenvalue weighted by Crippen LogP contribution is 2.69. The van der Waals surface area contributed by atoms with Gasteiger partial charge in [0.2, 0.25) is 0 Å². The normalized spacial score (nSPS) is 29.1. The van der Waals surface area contributed by atoms with Gasteiger partial charge in [0.05, 0.1) is 31.2 Å². The third kappa shape index (κ3) is 3.49. The lowest BCUT2D eigenvalue weighted by Crippen LogP contribution is -2.52. The quantitative estimate of drug-likeness (QED) is 0.470. The largest absolute Gasteiger partial charge is 0.495 e. The average Bonchev–Trinajstić information content (AvgIpc) is 3.23. The van der Waals surface area contributed by atoms with Crippen LogP contribution >= 0.6 is 15.9 Å². The molecule has 1 aromatic heterocycles. The van der Waals surface area contributed by atoms with Crippen LogP contribution in [0.4, 0.5) is 4.39 Å². The molecule has 5 rings (SSSR count). The van der Waals surface area contributed by atoms with Crippen LogP contribution in [0.15, 0.2) is 71.5 Å². The molecule has 35 heavy (non-hydrogen) atoms. The fraction of sp³-hybridized carbons (Fsp3) is 0.370. The van der Waals surface area contributed by atoms with Gasteiger partial charge in [-0.15, -0.1) is 0 Å². The smallest absolute Gasteiger partial charge is 0.177 e. The summed E-state index contributed by atoms with van der Waals surface area (Å²) < 4.78 is 26.4. The van der Waals surface area contributed by atoms with Crippen LogP contribution in [-0.2, 0) is 11.2 Å². The maximum Gasteiger partial charge on any atom is 0.177 e. The molecule has 0 unspecified atom stereocenters. The SMILES string of the molecule is COc1cncc2c1[C@]1(O)[C@H](O)[C@H](CN(C)CCF)[C@@H](c3ccccc3)[C@]1(c1ccc(Br)cc1)O2. The first-order chi connectivity index (χ1) is 16.9. The van der Waals surface area contributed by atoms with E-state index in [9.17, 15) is 14.6 Å². The molecule has 2 aliphatic rings. The van der Waals surface area contributed by atoms with Gasteiger partial charge in [0.25, 0.3) is 0 Å². The molecular formula is C27H28BrFN2O4. The number of aromatic nitrogens is 1. The van der Waals surface area contributed by atoms with E-state index >= 15 is 0 Å². The molecule has 0 radical (unpaired) electrons. The molecular weight excluding hydrogens is 515 g/mol. The van der Waals surface area contributed by atoms with E-state index < -0.39 is 35.8 Å². The second-order valence-corrected chi connectivity index (χ2v) is 10.2. The van der Waals surface area contributed by atoms with Crippen molar-refractivity contribution in [2.24, 2.45) is 5.92 Å². The highest BCUT2D eigenvalue weighted by Gasteiger charge is 2.76. The Balaban J connectivity index is 1.81. The summed E-state index contributed by atoms with van der Waals surface area (Å²) in [5.74, 6) is -0.240. The zero-order valence-corrected chi connectivity index (χ0v) is 21.2. The molecule has 184 valence electrons. The van der Waals surface area contributed by atoms with Crippen LogP contribution in [0.1, 0.15) is 22.6 Å². The van der Waals surface area contributed by atoms with Gasteiger partial charge >= 0.3 is 0 Å². The summed E-state index contributed by atoms with van der Waals surface area (Å²) in [6, 6.07) is 17.3. The summed E-state index contributed by atoms with van der Waals surface area (Å²) in [5, 5.41) is 24.7. The van der Waals surface area contributed by atoms with Crippen LogP contribution in [-0.4, -0.2) is 60.1 Å². The third-order valence-electron chi connectivity index (χ3n) is 7.43. The van der Waals surface area contributed by atoms with Gasteiger partial charge in [-0.25, -0.2) is 4.39 Å². The van der Waals surface area contributed by atoms with E-state index in [2.05, 4.69) is 20.9 Å². The van der Waals surface area contributed by atoms with Crippen molar-refractivity contribution in [1.82, 2.24) is 9.88 Å². The Morgan fingerprint density at radius 3 is 2.51 bits per heavy atom. The molecule has 2 N–H and O–H groups in total. The average molecular weight is 543 g/mol. The summed E-state index contributed by atoms with van der Waals surface area (Å²) in [6.07, 6.45) is 1.83. The zero-order chi connectivity index (χ0) is 24.8. The van der Waals surface area contributed by atoms with Crippen molar-refractivity contribution in [2.75, 3.05) is 33.9 Å². The van der Waals surface area contributed by atoms with Crippen LogP contribution in [0.25, 0.3) is 0 Å². The van der Waals surface area contributed by atoms with Gasteiger partial charge in [-0.2, -0.15) is 0 Å². The standard InChI is InChI=1S/C27H28BrFN2O4/c1-31(13-12-29)16-20-23(17-6-4-3-5-7-17)27(18-8-10-19(28)11-9-18)26(33,25(20)32)24-21(34-2)14-30-15-22(24)35-27/h3-11,14-15,20,23,25,32-33H,12-13,16H2,1-2H3/t20-,23-,25-,26+,27+/m1/s1. The molecule has 1 saturated carbocycles. The Labute approximate surface area is 212 Å². The Morgan fingerprint density at radius 1 is 1.14 bits per heavy atom. The minimum Gasteiger partial charge on any atom is -0.495 e. The summed E-state index contributed by atoms with van der Waals surface area (Å²) >= 11 is 3.50. The highest BCUT2D eigenvalue weighted by molar-refractivity contribution is 9.10. The highest BCUT2D eigenvalue weighted by atomic mass is 79.9. The van der Waals surface area contributed by atoms with E-state index in [-0.39, 0.29) is 6.54 Å². The molecule has 2 heterocycles. The number of rotatable bonds is 7. The van der Waals surface area contributed by atoms with E-state index in [0.29, 0.717) is 29.2 Å². The second kappa shape index (κ2) is 9.17. The van der Waals surface area contributed by atoms with Gasteiger partial charge in [0, 0.05) is 29.4 Å². The predicted octanol–water partition coefficient (Wildman–Crippen LogP) is 4.00. The zero-order valence-electron chi connectivity index (χ0n) is 19.6. The summed E-state index contributed by atoms with van der Waals surface area (Å²) in [7, 11) is 3.32. The lowest BCUT2D eigenvalue weighted by Gasteiger charge is -2.41. The number of hydrogen-bond donors (Lipinski definition) is 2. The van der Waals surface area contributed by atoms with E-state index in [4.69, 9.17) is 9.47 Å². The molecule has 3 aromatic rings. The Hall–Kier alpha value is -2.52. The van der Waals surface area contributed by atoms with Crippen molar-refractivity contribution in [3.63, 3.8) is 0 Å². The second-order valence-electron chi connectivity index (χ2n) is 9.27. The summed E-state index contributed by atoms with van der Waals surface area (Å²) in [4.78, 5) is 6.08. The third-order valence-corrected chi connectivity index (χ3v) is 7.96. The van der Waals surface area contributed by atoms with Crippen molar-refractivity contribution in [3.05, 3.63) is 88.2 Å². The molecule has 1 aliphatic heterocycles. The molecule has 5 atom stereocenters. The van der Waals surface area contributed by atoms with Gasteiger partial charge in [-0.3, -0.25) is 4.98 Å². The fourth-order valence-electron chi connectivity index (χ4n) is 6.03. The number of alkyl halides is 1. The van der Waals surface area contributed by atoms with E-state index in [1.807, 2.05) is 66.5 Å². The lowest BCUT2D eigenvalue weighted by molar-refractivity contribution is -0.152. The van der Waals surface area contributed by atoms with Crippen LogP contribution < -0.4 is 9.47 Å².